The van der Waals surface area contributed by atoms with Crippen LogP contribution in [-0.4, -0.2) is 26.0 Å². The molecule has 8 heteroatoms. The molecule has 0 spiro atoms. The summed E-state index contributed by atoms with van der Waals surface area (Å²) >= 11 is 1.26. The Morgan fingerprint density at radius 3 is 2.71 bits per heavy atom. The Morgan fingerprint density at radius 2 is 2.04 bits per heavy atom. The Bertz CT molecular complexity index is 965. The van der Waals surface area contributed by atoms with Crippen molar-refractivity contribution in [3.05, 3.63) is 47.9 Å². The Hall–Kier alpha value is -2.74. The largest absolute Gasteiger partial charge is 0.469 e. The lowest BCUT2D eigenvalue weighted by atomic mass is 9.97. The number of rotatable bonds is 7. The summed E-state index contributed by atoms with van der Waals surface area (Å²) in [4.78, 5) is 12.7. The third-order valence-corrected chi connectivity index (χ3v) is 5.83. The molecule has 0 bridgehead atoms. The summed E-state index contributed by atoms with van der Waals surface area (Å²) in [5.41, 5.74) is 2.76. The summed E-state index contributed by atoms with van der Waals surface area (Å²) in [7, 11) is 0. The van der Waals surface area contributed by atoms with Gasteiger partial charge in [0.15, 0.2) is 5.82 Å². The molecular weight excluding hydrogens is 374 g/mol. The lowest BCUT2D eigenvalue weighted by Crippen LogP contribution is -2.24. The van der Waals surface area contributed by atoms with Crippen LogP contribution in [0, 0.1) is 6.92 Å². The molecule has 3 N–H and O–H groups in total. The number of aromatic nitrogens is 3. The van der Waals surface area contributed by atoms with Gasteiger partial charge in [0.2, 0.25) is 11.1 Å². The van der Waals surface area contributed by atoms with E-state index >= 15 is 0 Å². The number of carbonyl (C=O) groups is 1. The maximum absolute atomic E-state index is 12.7. The number of carbonyl (C=O) groups excluding carboxylic acids is 1. The molecule has 1 amide bonds. The molecule has 0 fully saturated rings. The fraction of sp³-hybridized carbons (Fsp3) is 0.350. The molecule has 0 radical (unpaired) electrons. The Morgan fingerprint density at radius 1 is 1.29 bits per heavy atom. The van der Waals surface area contributed by atoms with Crippen molar-refractivity contribution in [2.45, 2.75) is 50.4 Å². The first-order valence-corrected chi connectivity index (χ1v) is 10.1. The molecule has 1 aromatic carbocycles. The highest BCUT2D eigenvalue weighted by Gasteiger charge is 2.22. The van der Waals surface area contributed by atoms with E-state index < -0.39 is 5.25 Å². The van der Waals surface area contributed by atoms with E-state index in [4.69, 9.17) is 10.3 Å². The van der Waals surface area contributed by atoms with Crippen LogP contribution in [0.2, 0.25) is 0 Å². The number of nitrogens with zero attached hydrogens (tertiary/aromatic N) is 3. The van der Waals surface area contributed by atoms with Crippen molar-refractivity contribution in [2.24, 2.45) is 0 Å². The summed E-state index contributed by atoms with van der Waals surface area (Å²) < 4.78 is 6.69. The molecule has 2 unspecified atom stereocenters. The Kier molecular flexibility index (Phi) is 6.08. The van der Waals surface area contributed by atoms with Crippen molar-refractivity contribution in [3.63, 3.8) is 0 Å². The third-order valence-electron chi connectivity index (χ3n) is 4.78. The zero-order valence-electron chi connectivity index (χ0n) is 16.5. The third kappa shape index (κ3) is 4.06. The molecule has 0 aliphatic heterocycles. The first kappa shape index (κ1) is 20.0. The zero-order chi connectivity index (χ0) is 20.3. The van der Waals surface area contributed by atoms with Crippen LogP contribution in [0.1, 0.15) is 44.4 Å². The van der Waals surface area contributed by atoms with Crippen LogP contribution in [0.3, 0.4) is 0 Å². The SMILES string of the molecule is CCC(C)c1ccccc1NC(=O)C(C)Sc1nnc(-c2ccoc2C)n1N. The highest BCUT2D eigenvalue weighted by molar-refractivity contribution is 8.00. The number of thioether (sulfide) groups is 1. The summed E-state index contributed by atoms with van der Waals surface area (Å²) in [5, 5.41) is 11.4. The van der Waals surface area contributed by atoms with Crippen LogP contribution in [0.5, 0.6) is 0 Å². The number of furan rings is 1. The summed E-state index contributed by atoms with van der Waals surface area (Å²) in [6.07, 6.45) is 2.58. The lowest BCUT2D eigenvalue weighted by molar-refractivity contribution is -0.115. The molecule has 0 aliphatic carbocycles. The van der Waals surface area contributed by atoms with Crippen LogP contribution in [0.15, 0.2) is 46.2 Å². The van der Waals surface area contributed by atoms with Gasteiger partial charge in [0.05, 0.1) is 17.1 Å². The minimum Gasteiger partial charge on any atom is -0.469 e. The molecule has 2 heterocycles. The molecule has 28 heavy (non-hydrogen) atoms. The predicted octanol–water partition coefficient (Wildman–Crippen LogP) is 4.19. The van der Waals surface area contributed by atoms with Gasteiger partial charge in [-0.15, -0.1) is 10.2 Å². The van der Waals surface area contributed by atoms with Gasteiger partial charge in [0.25, 0.3) is 0 Å². The lowest BCUT2D eigenvalue weighted by Gasteiger charge is -2.17. The molecule has 3 aromatic rings. The number of amides is 1. The van der Waals surface area contributed by atoms with Crippen LogP contribution in [0.25, 0.3) is 11.4 Å². The van der Waals surface area contributed by atoms with Crippen molar-refractivity contribution >= 4 is 23.4 Å². The van der Waals surface area contributed by atoms with Crippen LogP contribution in [-0.2, 0) is 4.79 Å². The summed E-state index contributed by atoms with van der Waals surface area (Å²) in [6.45, 7) is 7.94. The van der Waals surface area contributed by atoms with Crippen molar-refractivity contribution in [1.29, 1.82) is 0 Å². The van der Waals surface area contributed by atoms with Gasteiger partial charge in [-0.25, -0.2) is 4.68 Å². The first-order valence-electron chi connectivity index (χ1n) is 9.23. The molecule has 148 valence electrons. The second kappa shape index (κ2) is 8.52. The van der Waals surface area contributed by atoms with Crippen molar-refractivity contribution in [3.8, 4) is 11.4 Å². The topological polar surface area (TPSA) is 99.0 Å². The Labute approximate surface area is 168 Å². The van der Waals surface area contributed by atoms with E-state index in [-0.39, 0.29) is 5.91 Å². The van der Waals surface area contributed by atoms with Crippen LogP contribution in [0.4, 0.5) is 5.69 Å². The predicted molar refractivity (Wildman–Crippen MR) is 112 cm³/mol. The molecule has 0 saturated carbocycles. The number of benzene rings is 1. The van der Waals surface area contributed by atoms with E-state index in [1.807, 2.05) is 32.0 Å². The molecule has 2 atom stereocenters. The highest BCUT2D eigenvalue weighted by Crippen LogP contribution is 2.29. The van der Waals surface area contributed by atoms with Crippen molar-refractivity contribution < 1.29 is 9.21 Å². The summed E-state index contributed by atoms with van der Waals surface area (Å²) in [6, 6.07) is 9.69. The smallest absolute Gasteiger partial charge is 0.237 e. The van der Waals surface area contributed by atoms with Crippen LogP contribution >= 0.6 is 11.8 Å². The van der Waals surface area contributed by atoms with E-state index in [0.717, 1.165) is 23.2 Å². The zero-order valence-corrected chi connectivity index (χ0v) is 17.3. The minimum absolute atomic E-state index is 0.107. The van der Waals surface area contributed by atoms with E-state index in [1.54, 1.807) is 12.3 Å². The van der Waals surface area contributed by atoms with Gasteiger partial charge in [-0.1, -0.05) is 43.8 Å². The molecular formula is C20H25N5O2S. The monoisotopic (exact) mass is 399 g/mol. The van der Waals surface area contributed by atoms with Gasteiger partial charge >= 0.3 is 0 Å². The fourth-order valence-corrected chi connectivity index (χ4v) is 3.63. The van der Waals surface area contributed by atoms with Gasteiger partial charge in [-0.3, -0.25) is 4.79 Å². The number of aryl methyl sites for hydroxylation is 1. The molecule has 2 aromatic heterocycles. The molecule has 0 aliphatic rings. The molecule has 7 nitrogen and oxygen atoms in total. The maximum Gasteiger partial charge on any atom is 0.237 e. The first-order chi connectivity index (χ1) is 13.4. The normalized spacial score (nSPS) is 13.3. The average Bonchev–Trinajstić information content (AvgIpc) is 3.27. The van der Waals surface area contributed by atoms with E-state index in [1.165, 1.54) is 16.4 Å². The second-order valence-corrected chi connectivity index (χ2v) is 8.02. The Balaban J connectivity index is 1.72. The number of hydrogen-bond donors (Lipinski definition) is 2. The standard InChI is InChI=1S/C20H25N5O2S/c1-5-12(2)15-8-6-7-9-17(15)22-19(26)14(4)28-20-24-23-18(25(20)21)16-10-11-27-13(16)3/h6-12,14H,5,21H2,1-4H3,(H,22,26). The molecule has 0 saturated heterocycles. The summed E-state index contributed by atoms with van der Waals surface area (Å²) in [5.74, 6) is 7.62. The minimum atomic E-state index is -0.394. The number of nitrogens with one attached hydrogen (secondary N) is 1. The van der Waals surface area contributed by atoms with Crippen molar-refractivity contribution in [1.82, 2.24) is 14.9 Å². The van der Waals surface area contributed by atoms with Crippen LogP contribution < -0.4 is 11.2 Å². The van der Waals surface area contributed by atoms with Gasteiger partial charge in [-0.05, 0) is 43.9 Å². The van der Waals surface area contributed by atoms with Gasteiger partial charge < -0.3 is 15.6 Å². The number of nitrogens with two attached hydrogens (primary N) is 1. The fourth-order valence-electron chi connectivity index (χ4n) is 2.86. The number of nitrogen functional groups attached to an aromatic ring is 1. The van der Waals surface area contributed by atoms with Crippen molar-refractivity contribution in [2.75, 3.05) is 11.2 Å². The average molecular weight is 400 g/mol. The van der Waals surface area contributed by atoms with Gasteiger partial charge in [0, 0.05) is 5.69 Å². The van der Waals surface area contributed by atoms with E-state index in [9.17, 15) is 4.79 Å². The number of anilines is 1. The quantitative estimate of drug-likeness (QED) is 0.456. The van der Waals surface area contributed by atoms with E-state index in [2.05, 4.69) is 35.4 Å². The van der Waals surface area contributed by atoms with Gasteiger partial charge in [0.1, 0.15) is 5.76 Å². The van der Waals surface area contributed by atoms with Gasteiger partial charge in [-0.2, -0.15) is 0 Å². The number of hydrogen-bond acceptors (Lipinski definition) is 6. The maximum atomic E-state index is 12.7. The van der Waals surface area contributed by atoms with E-state index in [0.29, 0.717) is 22.7 Å². The highest BCUT2D eigenvalue weighted by atomic mass is 32.2. The number of para-hydroxylation sites is 1. The molecule has 3 rings (SSSR count). The second-order valence-electron chi connectivity index (χ2n) is 6.71.